The largest absolute Gasteiger partial charge is 0.339 e. The highest BCUT2D eigenvalue weighted by Crippen LogP contribution is 2.39. The molecule has 0 aromatic rings. The Morgan fingerprint density at radius 3 is 2.61 bits per heavy atom. The normalized spacial score (nSPS) is 27.8. The molecule has 1 unspecified atom stereocenters. The highest BCUT2D eigenvalue weighted by molar-refractivity contribution is 5.84. The molecular weight excluding hydrogens is 224 g/mol. The summed E-state index contributed by atoms with van der Waals surface area (Å²) in [4.78, 5) is 15.2. The van der Waals surface area contributed by atoms with Gasteiger partial charge >= 0.3 is 0 Å². The number of unbranched alkanes of at least 4 members (excludes halogenated alkanes) is 1. The second-order valence-corrected chi connectivity index (χ2v) is 6.32. The van der Waals surface area contributed by atoms with E-state index in [1.54, 1.807) is 0 Å². The minimum absolute atomic E-state index is 0.129. The molecule has 1 aliphatic carbocycles. The van der Waals surface area contributed by atoms with Gasteiger partial charge in [-0.25, -0.2) is 0 Å². The van der Waals surface area contributed by atoms with Crippen molar-refractivity contribution in [3.05, 3.63) is 0 Å². The second kappa shape index (κ2) is 5.60. The molecule has 0 aromatic carbocycles. The average molecular weight is 252 g/mol. The fourth-order valence-electron chi connectivity index (χ4n) is 3.08. The average Bonchev–Trinajstić information content (AvgIpc) is 3.05. The predicted octanol–water partition coefficient (Wildman–Crippen LogP) is 2.41. The first-order chi connectivity index (χ1) is 8.62. The van der Waals surface area contributed by atoms with Gasteiger partial charge in [-0.1, -0.05) is 27.2 Å². The van der Waals surface area contributed by atoms with Crippen molar-refractivity contribution in [2.24, 2.45) is 11.3 Å². The molecule has 1 aliphatic heterocycles. The predicted molar refractivity (Wildman–Crippen MR) is 74.4 cm³/mol. The second-order valence-electron chi connectivity index (χ2n) is 6.32. The van der Waals surface area contributed by atoms with Crippen molar-refractivity contribution in [1.29, 1.82) is 0 Å². The molecule has 2 fully saturated rings. The van der Waals surface area contributed by atoms with Gasteiger partial charge in [-0.15, -0.1) is 0 Å². The third-order valence-electron chi connectivity index (χ3n) is 4.72. The molecule has 1 saturated carbocycles. The van der Waals surface area contributed by atoms with E-state index >= 15 is 0 Å². The number of carbonyl (C=O) groups excluding carboxylic acids is 1. The van der Waals surface area contributed by atoms with E-state index in [9.17, 15) is 4.79 Å². The smallest absolute Gasteiger partial charge is 0.230 e. The van der Waals surface area contributed by atoms with Crippen molar-refractivity contribution >= 4 is 5.91 Å². The highest BCUT2D eigenvalue weighted by atomic mass is 16.2. The van der Waals surface area contributed by atoms with Crippen LogP contribution in [0, 0.1) is 11.3 Å². The van der Waals surface area contributed by atoms with Gasteiger partial charge in [0.1, 0.15) is 0 Å². The number of nitrogens with zero attached hydrogens (tertiary/aromatic N) is 1. The standard InChI is InChI=1S/C15H28N2O/c1-4-5-10-17(13-6-7-13)14(18)15(12(2)3)8-9-16-11-15/h12-13,16H,4-11H2,1-3H3. The van der Waals surface area contributed by atoms with Crippen LogP contribution >= 0.6 is 0 Å². The third kappa shape index (κ3) is 2.56. The summed E-state index contributed by atoms with van der Waals surface area (Å²) < 4.78 is 0. The number of amides is 1. The Morgan fingerprint density at radius 1 is 1.44 bits per heavy atom. The van der Waals surface area contributed by atoms with E-state index in [-0.39, 0.29) is 5.41 Å². The molecule has 1 saturated heterocycles. The molecule has 104 valence electrons. The van der Waals surface area contributed by atoms with Crippen molar-refractivity contribution in [3.8, 4) is 0 Å². The minimum atomic E-state index is -0.129. The van der Waals surface area contributed by atoms with Crippen LogP contribution in [0.15, 0.2) is 0 Å². The molecule has 0 spiro atoms. The van der Waals surface area contributed by atoms with Crippen LogP contribution in [0.3, 0.4) is 0 Å². The zero-order valence-corrected chi connectivity index (χ0v) is 12.2. The number of carbonyl (C=O) groups is 1. The Labute approximate surface area is 111 Å². The quantitative estimate of drug-likeness (QED) is 0.787. The molecule has 1 N–H and O–H groups in total. The van der Waals surface area contributed by atoms with Crippen LogP contribution in [0.2, 0.25) is 0 Å². The molecule has 1 heterocycles. The molecule has 18 heavy (non-hydrogen) atoms. The molecule has 1 atom stereocenters. The van der Waals surface area contributed by atoms with Gasteiger partial charge in [0.05, 0.1) is 5.41 Å². The Morgan fingerprint density at radius 2 is 2.17 bits per heavy atom. The summed E-state index contributed by atoms with van der Waals surface area (Å²) in [5.41, 5.74) is -0.129. The Hall–Kier alpha value is -0.570. The first-order valence-corrected chi connectivity index (χ1v) is 7.63. The molecule has 0 aromatic heterocycles. The summed E-state index contributed by atoms with van der Waals surface area (Å²) in [6.07, 6.45) is 5.76. The van der Waals surface area contributed by atoms with Crippen LogP contribution in [0.25, 0.3) is 0 Å². The van der Waals surface area contributed by atoms with E-state index < -0.39 is 0 Å². The van der Waals surface area contributed by atoms with Gasteiger partial charge in [-0.2, -0.15) is 0 Å². The lowest BCUT2D eigenvalue weighted by atomic mass is 9.75. The van der Waals surface area contributed by atoms with E-state index in [0.29, 0.717) is 17.9 Å². The first-order valence-electron chi connectivity index (χ1n) is 7.63. The molecule has 2 aliphatic rings. The van der Waals surface area contributed by atoms with Gasteiger partial charge in [-0.05, 0) is 38.1 Å². The summed E-state index contributed by atoms with van der Waals surface area (Å²) in [6, 6.07) is 0.556. The molecule has 2 rings (SSSR count). The van der Waals surface area contributed by atoms with Crippen LogP contribution < -0.4 is 5.32 Å². The maximum Gasteiger partial charge on any atom is 0.230 e. The fourth-order valence-corrected chi connectivity index (χ4v) is 3.08. The van der Waals surface area contributed by atoms with Gasteiger partial charge in [0.2, 0.25) is 5.91 Å². The molecule has 0 radical (unpaired) electrons. The van der Waals surface area contributed by atoms with Gasteiger partial charge in [0.25, 0.3) is 0 Å². The number of rotatable bonds is 6. The Balaban J connectivity index is 2.10. The molecule has 0 bridgehead atoms. The molecular formula is C15H28N2O. The number of hydrogen-bond donors (Lipinski definition) is 1. The summed E-state index contributed by atoms with van der Waals surface area (Å²) >= 11 is 0. The van der Waals surface area contributed by atoms with Crippen molar-refractivity contribution in [3.63, 3.8) is 0 Å². The van der Waals surface area contributed by atoms with Gasteiger partial charge in [0.15, 0.2) is 0 Å². The summed E-state index contributed by atoms with van der Waals surface area (Å²) in [5.74, 6) is 0.862. The number of nitrogens with one attached hydrogen (secondary N) is 1. The minimum Gasteiger partial charge on any atom is -0.339 e. The van der Waals surface area contributed by atoms with Crippen LogP contribution in [0.5, 0.6) is 0 Å². The van der Waals surface area contributed by atoms with Crippen molar-refractivity contribution in [1.82, 2.24) is 10.2 Å². The van der Waals surface area contributed by atoms with E-state index in [1.807, 2.05) is 0 Å². The van der Waals surface area contributed by atoms with Gasteiger partial charge in [0, 0.05) is 19.1 Å². The SMILES string of the molecule is CCCCN(C(=O)C1(C(C)C)CCNC1)C1CC1. The molecule has 3 nitrogen and oxygen atoms in total. The van der Waals surface area contributed by atoms with E-state index in [1.165, 1.54) is 19.3 Å². The maximum absolute atomic E-state index is 13.0. The summed E-state index contributed by atoms with van der Waals surface area (Å²) in [5, 5.41) is 3.40. The van der Waals surface area contributed by atoms with Crippen molar-refractivity contribution < 1.29 is 4.79 Å². The molecule has 3 heteroatoms. The zero-order valence-electron chi connectivity index (χ0n) is 12.2. The monoisotopic (exact) mass is 252 g/mol. The molecule has 1 amide bonds. The van der Waals surface area contributed by atoms with Crippen LogP contribution in [-0.2, 0) is 4.79 Å². The third-order valence-corrected chi connectivity index (χ3v) is 4.72. The van der Waals surface area contributed by atoms with Crippen molar-refractivity contribution in [2.75, 3.05) is 19.6 Å². The van der Waals surface area contributed by atoms with Gasteiger partial charge < -0.3 is 10.2 Å². The number of hydrogen-bond acceptors (Lipinski definition) is 2. The summed E-state index contributed by atoms with van der Waals surface area (Å²) in [7, 11) is 0. The van der Waals surface area contributed by atoms with Crippen molar-refractivity contribution in [2.45, 2.75) is 58.9 Å². The topological polar surface area (TPSA) is 32.3 Å². The van der Waals surface area contributed by atoms with E-state index in [0.717, 1.165) is 32.5 Å². The lowest BCUT2D eigenvalue weighted by Crippen LogP contribution is -2.49. The van der Waals surface area contributed by atoms with Crippen LogP contribution in [0.4, 0.5) is 0 Å². The van der Waals surface area contributed by atoms with Crippen LogP contribution in [0.1, 0.15) is 52.9 Å². The van der Waals surface area contributed by atoms with E-state index in [2.05, 4.69) is 31.0 Å². The highest BCUT2D eigenvalue weighted by Gasteiger charge is 2.48. The first kappa shape index (κ1) is 13.9. The van der Waals surface area contributed by atoms with E-state index in [4.69, 9.17) is 0 Å². The summed E-state index contributed by atoms with van der Waals surface area (Å²) in [6.45, 7) is 9.44. The lowest BCUT2D eigenvalue weighted by Gasteiger charge is -2.37. The van der Waals surface area contributed by atoms with Crippen LogP contribution in [-0.4, -0.2) is 36.5 Å². The van der Waals surface area contributed by atoms with Gasteiger partial charge in [-0.3, -0.25) is 4.79 Å². The zero-order chi connectivity index (χ0) is 13.2. The fraction of sp³-hybridized carbons (Fsp3) is 0.933. The Bertz CT molecular complexity index is 291. The lowest BCUT2D eigenvalue weighted by molar-refractivity contribution is -0.144. The maximum atomic E-state index is 13.0. The Kier molecular flexibility index (Phi) is 4.31.